The van der Waals surface area contributed by atoms with Crippen LogP contribution in [0.15, 0.2) is 83.5 Å². The lowest BCUT2D eigenvalue weighted by molar-refractivity contribution is 0.0975. The third kappa shape index (κ3) is 2.79. The molecule has 3 nitrogen and oxygen atoms in total. The monoisotopic (exact) mass is 441 g/mol. The molecule has 4 aromatic rings. The van der Waals surface area contributed by atoms with E-state index < -0.39 is 0 Å². The molecule has 29 heavy (non-hydrogen) atoms. The van der Waals surface area contributed by atoms with Crippen molar-refractivity contribution in [3.63, 3.8) is 0 Å². The van der Waals surface area contributed by atoms with Gasteiger partial charge in [0.25, 0.3) is 0 Å². The number of aromatic nitrogens is 1. The largest absolute Gasteiger partial charge is 0.312 e. The van der Waals surface area contributed by atoms with E-state index in [0.29, 0.717) is 22.4 Å². The smallest absolute Gasteiger partial charge is 0.211 e. The van der Waals surface area contributed by atoms with Crippen molar-refractivity contribution < 1.29 is 9.59 Å². The number of nitrogens with zero attached hydrogens (tertiary/aromatic N) is 1. The van der Waals surface area contributed by atoms with Gasteiger partial charge < -0.3 is 4.57 Å². The number of hydrogen-bond donors (Lipinski definition) is 0. The minimum Gasteiger partial charge on any atom is -0.312 e. The molecule has 0 N–H and O–H groups in total. The van der Waals surface area contributed by atoms with E-state index in [1.54, 1.807) is 24.3 Å². The predicted octanol–water partition coefficient (Wildman–Crippen LogP) is 5.99. The number of rotatable bonds is 2. The van der Waals surface area contributed by atoms with Crippen LogP contribution >= 0.6 is 15.9 Å². The summed E-state index contributed by atoms with van der Waals surface area (Å²) in [6.45, 7) is 2.02. The van der Waals surface area contributed by atoms with E-state index in [1.807, 2.05) is 66.2 Å². The van der Waals surface area contributed by atoms with Crippen LogP contribution in [0.25, 0.3) is 16.8 Å². The third-order valence-corrected chi connectivity index (χ3v) is 5.86. The number of benzene rings is 3. The molecule has 0 fully saturated rings. The summed E-state index contributed by atoms with van der Waals surface area (Å²) in [5, 5.41) is 0. The zero-order valence-electron chi connectivity index (χ0n) is 15.6. The van der Waals surface area contributed by atoms with Crippen molar-refractivity contribution in [1.82, 2.24) is 4.57 Å². The number of ketones is 2. The second-order valence-corrected chi connectivity index (χ2v) is 8.10. The molecule has 0 saturated heterocycles. The first kappa shape index (κ1) is 17.8. The van der Waals surface area contributed by atoms with Crippen molar-refractivity contribution in [3.05, 3.63) is 111 Å². The highest BCUT2D eigenvalue weighted by Crippen LogP contribution is 2.37. The van der Waals surface area contributed by atoms with Crippen LogP contribution in [0.2, 0.25) is 0 Å². The quantitative estimate of drug-likeness (QED) is 0.337. The highest BCUT2D eigenvalue weighted by molar-refractivity contribution is 9.10. The molecule has 1 heterocycles. The zero-order valence-corrected chi connectivity index (χ0v) is 17.2. The van der Waals surface area contributed by atoms with Gasteiger partial charge in [-0.15, -0.1) is 0 Å². The van der Waals surface area contributed by atoms with Gasteiger partial charge in [0.1, 0.15) is 5.69 Å². The number of aryl methyl sites for hydroxylation is 1. The van der Waals surface area contributed by atoms with Gasteiger partial charge in [-0.3, -0.25) is 9.59 Å². The van der Waals surface area contributed by atoms with Crippen molar-refractivity contribution >= 4 is 27.5 Å². The number of hydrogen-bond acceptors (Lipinski definition) is 2. The molecule has 4 heteroatoms. The molecule has 140 valence electrons. The SMILES string of the molecule is Cc1ccc(-c2cn(-c3ccc(Br)cc3)c3c2C(=O)c2ccccc2C3=O)cc1. The molecule has 1 aromatic heterocycles. The van der Waals surface area contributed by atoms with Crippen molar-refractivity contribution in [1.29, 1.82) is 0 Å². The lowest BCUT2D eigenvalue weighted by Crippen LogP contribution is -2.22. The average molecular weight is 442 g/mol. The van der Waals surface area contributed by atoms with Crippen molar-refractivity contribution in [2.75, 3.05) is 0 Å². The van der Waals surface area contributed by atoms with E-state index >= 15 is 0 Å². The van der Waals surface area contributed by atoms with Crippen LogP contribution in [0.5, 0.6) is 0 Å². The van der Waals surface area contributed by atoms with Crippen LogP contribution in [0.1, 0.15) is 37.5 Å². The maximum atomic E-state index is 13.4. The Hall–Kier alpha value is -3.24. The average Bonchev–Trinajstić information content (AvgIpc) is 3.14. The lowest BCUT2D eigenvalue weighted by atomic mass is 9.85. The Morgan fingerprint density at radius 1 is 0.724 bits per heavy atom. The van der Waals surface area contributed by atoms with Gasteiger partial charge >= 0.3 is 0 Å². The topological polar surface area (TPSA) is 39.1 Å². The number of carbonyl (C=O) groups excluding carboxylic acids is 2. The fraction of sp³-hybridized carbons (Fsp3) is 0.0400. The molecule has 5 rings (SSSR count). The lowest BCUT2D eigenvalue weighted by Gasteiger charge is -2.17. The minimum atomic E-state index is -0.128. The van der Waals surface area contributed by atoms with E-state index in [1.165, 1.54) is 0 Å². The Kier molecular flexibility index (Phi) is 4.10. The first-order chi connectivity index (χ1) is 14.0. The highest BCUT2D eigenvalue weighted by Gasteiger charge is 2.35. The molecular weight excluding hydrogens is 426 g/mol. The van der Waals surface area contributed by atoms with E-state index in [-0.39, 0.29) is 11.6 Å². The highest BCUT2D eigenvalue weighted by atomic mass is 79.9. The number of fused-ring (bicyclic) bond motifs is 2. The van der Waals surface area contributed by atoms with Crippen LogP contribution in [0.3, 0.4) is 0 Å². The van der Waals surface area contributed by atoms with Crippen LogP contribution < -0.4 is 0 Å². The van der Waals surface area contributed by atoms with Crippen LogP contribution in [0, 0.1) is 6.92 Å². The number of carbonyl (C=O) groups is 2. The molecule has 0 spiro atoms. The molecule has 0 atom stereocenters. The van der Waals surface area contributed by atoms with E-state index in [4.69, 9.17) is 0 Å². The molecule has 0 aliphatic heterocycles. The molecule has 0 radical (unpaired) electrons. The molecule has 0 bridgehead atoms. The van der Waals surface area contributed by atoms with Crippen molar-refractivity contribution in [2.45, 2.75) is 6.92 Å². The Morgan fingerprint density at radius 2 is 1.34 bits per heavy atom. The predicted molar refractivity (Wildman–Crippen MR) is 117 cm³/mol. The number of halogens is 1. The molecule has 1 aliphatic carbocycles. The summed E-state index contributed by atoms with van der Waals surface area (Å²) in [5.41, 5.74) is 5.49. The Labute approximate surface area is 176 Å². The maximum Gasteiger partial charge on any atom is 0.211 e. The summed E-state index contributed by atoms with van der Waals surface area (Å²) in [4.78, 5) is 26.9. The normalized spacial score (nSPS) is 12.6. The molecule has 3 aromatic carbocycles. The van der Waals surface area contributed by atoms with Crippen molar-refractivity contribution in [2.24, 2.45) is 0 Å². The Morgan fingerprint density at radius 3 is 2.00 bits per heavy atom. The van der Waals surface area contributed by atoms with Crippen molar-refractivity contribution in [3.8, 4) is 16.8 Å². The molecule has 0 amide bonds. The van der Waals surface area contributed by atoms with Gasteiger partial charge in [-0.05, 0) is 36.8 Å². The van der Waals surface area contributed by atoms with Crippen LogP contribution in [0.4, 0.5) is 0 Å². The van der Waals surface area contributed by atoms with Gasteiger partial charge in [0.2, 0.25) is 5.78 Å². The first-order valence-corrected chi connectivity index (χ1v) is 10.1. The van der Waals surface area contributed by atoms with Gasteiger partial charge in [0, 0.05) is 33.0 Å². The van der Waals surface area contributed by atoms with E-state index in [0.717, 1.165) is 26.9 Å². The van der Waals surface area contributed by atoms with E-state index in [2.05, 4.69) is 15.9 Å². The fourth-order valence-corrected chi connectivity index (χ4v) is 4.12. The second-order valence-electron chi connectivity index (χ2n) is 7.18. The molecule has 1 aliphatic rings. The fourth-order valence-electron chi connectivity index (χ4n) is 3.86. The Balaban J connectivity index is 1.82. The molecular formula is C25H16BrNO2. The molecule has 0 saturated carbocycles. The zero-order chi connectivity index (χ0) is 20.1. The summed E-state index contributed by atoms with van der Waals surface area (Å²) in [7, 11) is 0. The van der Waals surface area contributed by atoms with E-state index in [9.17, 15) is 9.59 Å². The van der Waals surface area contributed by atoms with Gasteiger partial charge in [-0.2, -0.15) is 0 Å². The Bertz CT molecular complexity index is 1180. The minimum absolute atomic E-state index is 0.110. The van der Waals surface area contributed by atoms with Crippen LogP contribution in [-0.2, 0) is 0 Å². The summed E-state index contributed by atoms with van der Waals surface area (Å²) in [6.07, 6.45) is 1.90. The first-order valence-electron chi connectivity index (χ1n) is 9.31. The van der Waals surface area contributed by atoms with Gasteiger partial charge in [-0.1, -0.05) is 70.0 Å². The summed E-state index contributed by atoms with van der Waals surface area (Å²) in [5.74, 6) is -0.238. The standard InChI is InChI=1S/C25H16BrNO2/c1-15-6-8-16(9-7-15)21-14-27(18-12-10-17(26)11-13-18)23-22(21)24(28)19-4-2-3-5-20(19)25(23)29/h2-14H,1H3. The second kappa shape index (κ2) is 6.68. The summed E-state index contributed by atoms with van der Waals surface area (Å²) >= 11 is 3.45. The van der Waals surface area contributed by atoms with Crippen LogP contribution in [-0.4, -0.2) is 16.1 Å². The van der Waals surface area contributed by atoms with Gasteiger partial charge in [0.05, 0.1) is 5.56 Å². The summed E-state index contributed by atoms with van der Waals surface area (Å²) < 4.78 is 2.79. The maximum absolute atomic E-state index is 13.4. The third-order valence-electron chi connectivity index (χ3n) is 5.33. The van der Waals surface area contributed by atoms with Gasteiger partial charge in [-0.25, -0.2) is 0 Å². The summed E-state index contributed by atoms with van der Waals surface area (Å²) in [6, 6.07) is 22.8. The molecule has 0 unspecified atom stereocenters. The van der Waals surface area contributed by atoms with Gasteiger partial charge in [0.15, 0.2) is 5.78 Å².